The van der Waals surface area contributed by atoms with Crippen LogP contribution in [0.4, 0.5) is 0 Å². The Kier molecular flexibility index (Phi) is 3.92. The van der Waals surface area contributed by atoms with Crippen molar-refractivity contribution in [1.82, 2.24) is 0 Å². The number of benzene rings is 3. The third-order valence-electron chi connectivity index (χ3n) is 3.46. The molecule has 3 aromatic carbocycles. The number of rotatable bonds is 2. The highest BCUT2D eigenvalue weighted by Gasteiger charge is 2.14. The second kappa shape index (κ2) is 5.68. The molecule has 0 spiro atoms. The predicted octanol–water partition coefficient (Wildman–Crippen LogP) is 5.41. The fraction of sp³-hybridized carbons (Fsp3) is 0.0588. The van der Waals surface area contributed by atoms with Crippen molar-refractivity contribution in [1.29, 1.82) is 0 Å². The minimum Gasteiger partial charge on any atom is -0.320 e. The number of hydrogen-bond acceptors (Lipinski definition) is 1. The fourth-order valence-corrected chi connectivity index (χ4v) is 3.74. The first-order valence-electron chi connectivity index (χ1n) is 6.35. The lowest BCUT2D eigenvalue weighted by atomic mass is 9.94. The molecule has 0 saturated carbocycles. The van der Waals surface area contributed by atoms with Crippen molar-refractivity contribution >= 4 is 42.6 Å². The first-order chi connectivity index (χ1) is 9.66. The highest BCUT2D eigenvalue weighted by molar-refractivity contribution is 9.11. The lowest BCUT2D eigenvalue weighted by Gasteiger charge is -2.17. The van der Waals surface area contributed by atoms with Gasteiger partial charge in [-0.2, -0.15) is 0 Å². The van der Waals surface area contributed by atoms with Gasteiger partial charge < -0.3 is 5.73 Å². The SMILES string of the molecule is NC(c1ccc(Br)cc1Br)c1cccc2ccccc12. The maximum absolute atomic E-state index is 6.49. The van der Waals surface area contributed by atoms with Gasteiger partial charge in [-0.1, -0.05) is 80.4 Å². The van der Waals surface area contributed by atoms with E-state index in [9.17, 15) is 0 Å². The molecule has 20 heavy (non-hydrogen) atoms. The van der Waals surface area contributed by atoms with Gasteiger partial charge in [-0.15, -0.1) is 0 Å². The third-order valence-corrected chi connectivity index (χ3v) is 4.64. The van der Waals surface area contributed by atoms with Crippen LogP contribution in [0.1, 0.15) is 17.2 Å². The zero-order valence-corrected chi connectivity index (χ0v) is 13.9. The van der Waals surface area contributed by atoms with Crippen LogP contribution in [-0.2, 0) is 0 Å². The lowest BCUT2D eigenvalue weighted by Crippen LogP contribution is -2.13. The van der Waals surface area contributed by atoms with E-state index >= 15 is 0 Å². The summed E-state index contributed by atoms with van der Waals surface area (Å²) >= 11 is 7.07. The molecule has 1 unspecified atom stereocenters. The van der Waals surface area contributed by atoms with Crippen LogP contribution in [0.5, 0.6) is 0 Å². The number of nitrogens with two attached hydrogens (primary N) is 1. The van der Waals surface area contributed by atoms with Crippen LogP contribution in [0.15, 0.2) is 69.6 Å². The molecule has 100 valence electrons. The van der Waals surface area contributed by atoms with Crippen molar-refractivity contribution in [2.45, 2.75) is 6.04 Å². The van der Waals surface area contributed by atoms with Crippen molar-refractivity contribution in [3.05, 3.63) is 80.7 Å². The molecule has 3 rings (SSSR count). The van der Waals surface area contributed by atoms with E-state index in [0.29, 0.717) is 0 Å². The summed E-state index contributed by atoms with van der Waals surface area (Å²) in [6.07, 6.45) is 0. The minimum absolute atomic E-state index is 0.149. The molecule has 0 aromatic heterocycles. The molecular weight excluding hydrogens is 378 g/mol. The number of fused-ring (bicyclic) bond motifs is 1. The van der Waals surface area contributed by atoms with Gasteiger partial charge in [0.25, 0.3) is 0 Å². The molecule has 3 aromatic rings. The van der Waals surface area contributed by atoms with E-state index in [2.05, 4.69) is 74.3 Å². The molecule has 0 saturated heterocycles. The maximum Gasteiger partial charge on any atom is 0.0568 e. The van der Waals surface area contributed by atoms with E-state index in [0.717, 1.165) is 20.1 Å². The average molecular weight is 391 g/mol. The van der Waals surface area contributed by atoms with Crippen LogP contribution >= 0.6 is 31.9 Å². The Morgan fingerprint density at radius 1 is 0.800 bits per heavy atom. The highest BCUT2D eigenvalue weighted by atomic mass is 79.9. The zero-order valence-electron chi connectivity index (χ0n) is 10.7. The van der Waals surface area contributed by atoms with E-state index in [-0.39, 0.29) is 6.04 Å². The van der Waals surface area contributed by atoms with Crippen LogP contribution in [0.2, 0.25) is 0 Å². The van der Waals surface area contributed by atoms with E-state index in [1.54, 1.807) is 0 Å². The molecule has 0 heterocycles. The van der Waals surface area contributed by atoms with E-state index in [1.807, 2.05) is 18.2 Å². The second-order valence-electron chi connectivity index (χ2n) is 4.71. The van der Waals surface area contributed by atoms with Crippen LogP contribution in [-0.4, -0.2) is 0 Å². The predicted molar refractivity (Wildman–Crippen MR) is 91.8 cm³/mol. The third kappa shape index (κ3) is 2.53. The maximum atomic E-state index is 6.49. The Labute approximate surface area is 135 Å². The van der Waals surface area contributed by atoms with E-state index in [1.165, 1.54) is 10.8 Å². The van der Waals surface area contributed by atoms with Crippen molar-refractivity contribution in [3.8, 4) is 0 Å². The monoisotopic (exact) mass is 389 g/mol. The van der Waals surface area contributed by atoms with Gasteiger partial charge in [0.05, 0.1) is 6.04 Å². The topological polar surface area (TPSA) is 26.0 Å². The molecular formula is C17H13Br2N. The van der Waals surface area contributed by atoms with Crippen LogP contribution in [0.3, 0.4) is 0 Å². The van der Waals surface area contributed by atoms with Crippen LogP contribution < -0.4 is 5.73 Å². The van der Waals surface area contributed by atoms with Gasteiger partial charge in [-0.05, 0) is 34.0 Å². The number of hydrogen-bond donors (Lipinski definition) is 1. The standard InChI is InChI=1S/C17H13Br2N/c18-12-8-9-15(16(19)10-12)17(20)14-7-3-5-11-4-1-2-6-13(11)14/h1-10,17H,20H2. The van der Waals surface area contributed by atoms with Gasteiger partial charge in [-0.25, -0.2) is 0 Å². The second-order valence-corrected chi connectivity index (χ2v) is 6.48. The summed E-state index contributed by atoms with van der Waals surface area (Å²) in [4.78, 5) is 0. The summed E-state index contributed by atoms with van der Waals surface area (Å²) in [7, 11) is 0. The molecule has 0 aliphatic rings. The molecule has 3 heteroatoms. The largest absolute Gasteiger partial charge is 0.320 e. The summed E-state index contributed by atoms with van der Waals surface area (Å²) in [6.45, 7) is 0. The first-order valence-corrected chi connectivity index (χ1v) is 7.93. The Balaban J connectivity index is 2.15. The van der Waals surface area contributed by atoms with E-state index < -0.39 is 0 Å². The lowest BCUT2D eigenvalue weighted by molar-refractivity contribution is 0.874. The molecule has 1 nitrogen and oxygen atoms in total. The molecule has 0 bridgehead atoms. The Morgan fingerprint density at radius 3 is 2.35 bits per heavy atom. The summed E-state index contributed by atoms with van der Waals surface area (Å²) in [5.74, 6) is 0. The molecule has 0 aliphatic carbocycles. The van der Waals surface area contributed by atoms with Crippen molar-refractivity contribution < 1.29 is 0 Å². The summed E-state index contributed by atoms with van der Waals surface area (Å²) in [6, 6.07) is 20.6. The Morgan fingerprint density at radius 2 is 1.55 bits per heavy atom. The van der Waals surface area contributed by atoms with Crippen LogP contribution in [0, 0.1) is 0 Å². The van der Waals surface area contributed by atoms with Gasteiger partial charge in [0.1, 0.15) is 0 Å². The van der Waals surface area contributed by atoms with E-state index in [4.69, 9.17) is 5.73 Å². The average Bonchev–Trinajstić information content (AvgIpc) is 2.46. The highest BCUT2D eigenvalue weighted by Crippen LogP contribution is 2.32. The Bertz CT molecular complexity index is 763. The quantitative estimate of drug-likeness (QED) is 0.621. The summed E-state index contributed by atoms with van der Waals surface area (Å²) < 4.78 is 2.06. The van der Waals surface area contributed by atoms with Gasteiger partial charge in [-0.3, -0.25) is 0 Å². The van der Waals surface area contributed by atoms with Gasteiger partial charge in [0.2, 0.25) is 0 Å². The summed E-state index contributed by atoms with van der Waals surface area (Å²) in [5, 5.41) is 2.42. The molecule has 1 atom stereocenters. The Hall–Kier alpha value is -1.16. The smallest absolute Gasteiger partial charge is 0.0568 e. The molecule has 0 fully saturated rings. The molecule has 0 radical (unpaired) electrons. The molecule has 0 amide bonds. The van der Waals surface area contributed by atoms with Gasteiger partial charge in [0.15, 0.2) is 0 Å². The normalized spacial score (nSPS) is 12.6. The van der Waals surface area contributed by atoms with Gasteiger partial charge >= 0.3 is 0 Å². The number of halogens is 2. The minimum atomic E-state index is -0.149. The molecule has 2 N–H and O–H groups in total. The van der Waals surface area contributed by atoms with Crippen molar-refractivity contribution in [2.24, 2.45) is 5.73 Å². The summed E-state index contributed by atoms with van der Waals surface area (Å²) in [5.41, 5.74) is 8.72. The van der Waals surface area contributed by atoms with Crippen molar-refractivity contribution in [3.63, 3.8) is 0 Å². The zero-order chi connectivity index (χ0) is 14.1. The van der Waals surface area contributed by atoms with Gasteiger partial charge in [0, 0.05) is 8.95 Å². The first kappa shape index (κ1) is 13.8. The molecule has 0 aliphatic heterocycles. The van der Waals surface area contributed by atoms with Crippen molar-refractivity contribution in [2.75, 3.05) is 0 Å². The fourth-order valence-electron chi connectivity index (χ4n) is 2.44. The van der Waals surface area contributed by atoms with Crippen LogP contribution in [0.25, 0.3) is 10.8 Å².